The summed E-state index contributed by atoms with van der Waals surface area (Å²) in [6.07, 6.45) is 4.79. The minimum absolute atomic E-state index is 0.00575. The monoisotopic (exact) mass is 420 g/mol. The second-order valence-corrected chi connectivity index (χ2v) is 8.35. The van der Waals surface area contributed by atoms with Crippen LogP contribution >= 0.6 is 0 Å². The van der Waals surface area contributed by atoms with Gasteiger partial charge in [-0.05, 0) is 36.8 Å². The molecule has 1 fully saturated rings. The van der Waals surface area contributed by atoms with Crippen LogP contribution in [-0.2, 0) is 12.0 Å². The summed E-state index contributed by atoms with van der Waals surface area (Å²) >= 11 is 0. The predicted molar refractivity (Wildman–Crippen MR) is 121 cm³/mol. The summed E-state index contributed by atoms with van der Waals surface area (Å²) in [5, 5.41) is 15.1. The zero-order valence-corrected chi connectivity index (χ0v) is 17.3. The fourth-order valence-electron chi connectivity index (χ4n) is 4.75. The molecule has 6 rings (SSSR count). The van der Waals surface area contributed by atoms with E-state index in [1.807, 2.05) is 65.8 Å². The molecular formula is C25H20N6O. The highest BCUT2D eigenvalue weighted by Gasteiger charge is 2.51. The lowest BCUT2D eigenvalue weighted by Gasteiger charge is -2.47. The van der Waals surface area contributed by atoms with E-state index < -0.39 is 0 Å². The van der Waals surface area contributed by atoms with Crippen molar-refractivity contribution in [3.05, 3.63) is 78.6 Å². The Kier molecular flexibility index (Phi) is 4.18. The molecule has 0 aliphatic carbocycles. The first kappa shape index (κ1) is 18.6. The first-order valence-corrected chi connectivity index (χ1v) is 10.6. The van der Waals surface area contributed by atoms with Crippen LogP contribution < -0.4 is 4.74 Å². The summed E-state index contributed by atoms with van der Waals surface area (Å²) in [5.74, 6) is 0.671. The highest BCUT2D eigenvalue weighted by atomic mass is 16.5. The SMILES string of the molecule is N#CN=C(Oc1ccccc1)N1CC2(CCn3nc(-c4cnc5ccccc5c4)cc32)C1. The summed E-state index contributed by atoms with van der Waals surface area (Å²) in [7, 11) is 0. The molecule has 32 heavy (non-hydrogen) atoms. The van der Waals surface area contributed by atoms with Gasteiger partial charge >= 0.3 is 6.02 Å². The number of fused-ring (bicyclic) bond motifs is 3. The molecule has 2 aliphatic rings. The number of amidine groups is 1. The number of nitriles is 1. The largest absolute Gasteiger partial charge is 0.425 e. The number of aromatic nitrogens is 3. The van der Waals surface area contributed by atoms with Gasteiger partial charge in [-0.3, -0.25) is 9.67 Å². The molecule has 4 aromatic rings. The summed E-state index contributed by atoms with van der Waals surface area (Å²) in [6.45, 7) is 2.39. The lowest BCUT2D eigenvalue weighted by Crippen LogP contribution is -2.61. The van der Waals surface area contributed by atoms with Crippen LogP contribution in [0.4, 0.5) is 0 Å². The average molecular weight is 420 g/mol. The third-order valence-corrected chi connectivity index (χ3v) is 6.37. The molecule has 2 aromatic heterocycles. The van der Waals surface area contributed by atoms with Crippen molar-refractivity contribution < 1.29 is 4.74 Å². The Bertz CT molecular complexity index is 1380. The van der Waals surface area contributed by atoms with Crippen LogP contribution in [0.1, 0.15) is 12.1 Å². The van der Waals surface area contributed by atoms with Crippen LogP contribution in [0.3, 0.4) is 0 Å². The van der Waals surface area contributed by atoms with Crippen molar-refractivity contribution in [3.8, 4) is 23.2 Å². The molecule has 0 N–H and O–H groups in total. The fourth-order valence-corrected chi connectivity index (χ4v) is 4.75. The van der Waals surface area contributed by atoms with Crippen molar-refractivity contribution in [2.75, 3.05) is 13.1 Å². The number of hydrogen-bond donors (Lipinski definition) is 0. The number of aliphatic imine (C=N–C) groups is 1. The van der Waals surface area contributed by atoms with Gasteiger partial charge in [0.2, 0.25) is 6.19 Å². The molecular weight excluding hydrogens is 400 g/mol. The standard InChI is InChI=1S/C25H20N6O/c26-17-28-24(32-20-7-2-1-3-8-20)30-15-25(16-30)10-11-31-23(25)13-22(29-31)19-12-18-6-4-5-9-21(18)27-14-19/h1-9,12-14H,10-11,15-16H2. The van der Waals surface area contributed by atoms with Crippen LogP contribution in [0.5, 0.6) is 5.75 Å². The summed E-state index contributed by atoms with van der Waals surface area (Å²) in [4.78, 5) is 10.5. The quantitative estimate of drug-likeness (QED) is 0.279. The molecule has 0 bridgehead atoms. The minimum Gasteiger partial charge on any atom is -0.425 e. The Labute approximate surface area is 185 Å². The van der Waals surface area contributed by atoms with E-state index in [1.54, 1.807) is 0 Å². The van der Waals surface area contributed by atoms with Crippen molar-refractivity contribution in [1.29, 1.82) is 5.26 Å². The number of nitrogens with zero attached hydrogens (tertiary/aromatic N) is 6. The molecule has 1 saturated heterocycles. The van der Waals surface area contributed by atoms with Gasteiger partial charge in [0.05, 0.1) is 11.2 Å². The second-order valence-electron chi connectivity index (χ2n) is 8.35. The van der Waals surface area contributed by atoms with Crippen molar-refractivity contribution in [1.82, 2.24) is 19.7 Å². The molecule has 7 heteroatoms. The maximum Gasteiger partial charge on any atom is 0.308 e. The number of rotatable bonds is 2. The van der Waals surface area contributed by atoms with Gasteiger partial charge in [0.1, 0.15) is 5.75 Å². The number of aryl methyl sites for hydroxylation is 1. The number of ether oxygens (including phenoxy) is 1. The third-order valence-electron chi connectivity index (χ3n) is 6.37. The molecule has 0 unspecified atom stereocenters. The Hall–Kier alpha value is -4.18. The molecule has 7 nitrogen and oxygen atoms in total. The summed E-state index contributed by atoms with van der Waals surface area (Å²) in [5.41, 5.74) is 4.19. The molecule has 0 radical (unpaired) electrons. The van der Waals surface area contributed by atoms with Crippen LogP contribution in [0.25, 0.3) is 22.2 Å². The van der Waals surface area contributed by atoms with Crippen LogP contribution in [-0.4, -0.2) is 38.8 Å². The molecule has 0 saturated carbocycles. The maximum absolute atomic E-state index is 9.14. The maximum atomic E-state index is 9.14. The smallest absolute Gasteiger partial charge is 0.308 e. The highest BCUT2D eigenvalue weighted by molar-refractivity contribution is 5.83. The zero-order chi connectivity index (χ0) is 21.5. The Morgan fingerprint density at radius 2 is 1.88 bits per heavy atom. The molecule has 0 amide bonds. The van der Waals surface area contributed by atoms with Crippen LogP contribution in [0.15, 0.2) is 77.9 Å². The van der Waals surface area contributed by atoms with E-state index in [4.69, 9.17) is 15.1 Å². The van der Waals surface area contributed by atoms with E-state index >= 15 is 0 Å². The third kappa shape index (κ3) is 3.00. The van der Waals surface area contributed by atoms with Crippen molar-refractivity contribution in [3.63, 3.8) is 0 Å². The van der Waals surface area contributed by atoms with Gasteiger partial charge in [-0.1, -0.05) is 36.4 Å². The van der Waals surface area contributed by atoms with Crippen molar-refractivity contribution >= 4 is 16.9 Å². The van der Waals surface area contributed by atoms with Gasteiger partial charge in [-0.25, -0.2) is 0 Å². The van der Waals surface area contributed by atoms with Crippen LogP contribution in [0.2, 0.25) is 0 Å². The molecule has 0 atom stereocenters. The topological polar surface area (TPSA) is 79.3 Å². The Morgan fingerprint density at radius 3 is 2.72 bits per heavy atom. The number of likely N-dealkylation sites (tertiary alicyclic amines) is 1. The van der Waals surface area contributed by atoms with Crippen molar-refractivity contribution in [2.45, 2.75) is 18.4 Å². The average Bonchev–Trinajstić information content (AvgIpc) is 3.38. The second kappa shape index (κ2) is 7.20. The lowest BCUT2D eigenvalue weighted by atomic mass is 9.76. The summed E-state index contributed by atoms with van der Waals surface area (Å²) < 4.78 is 8.00. The number of pyridine rings is 1. The number of para-hydroxylation sites is 2. The molecule has 156 valence electrons. The lowest BCUT2D eigenvalue weighted by molar-refractivity contribution is 0.120. The van der Waals surface area contributed by atoms with Gasteiger partial charge in [0.25, 0.3) is 0 Å². The molecule has 2 aromatic carbocycles. The molecule has 1 spiro atoms. The van der Waals surface area contributed by atoms with E-state index in [2.05, 4.69) is 32.9 Å². The van der Waals surface area contributed by atoms with Crippen molar-refractivity contribution in [2.24, 2.45) is 4.99 Å². The first-order valence-electron chi connectivity index (χ1n) is 10.6. The zero-order valence-electron chi connectivity index (χ0n) is 17.3. The van der Waals surface area contributed by atoms with Gasteiger partial charge < -0.3 is 9.64 Å². The Balaban J connectivity index is 1.25. The normalized spacial score (nSPS) is 16.6. The number of hydrogen-bond acceptors (Lipinski definition) is 5. The van der Waals surface area contributed by atoms with Gasteiger partial charge in [-0.2, -0.15) is 10.4 Å². The van der Waals surface area contributed by atoms with E-state index in [-0.39, 0.29) is 5.41 Å². The van der Waals surface area contributed by atoms with E-state index in [9.17, 15) is 0 Å². The first-order chi connectivity index (χ1) is 15.7. The fraction of sp³-hybridized carbons (Fsp3) is 0.200. The minimum atomic E-state index is 0.00575. The molecule has 4 heterocycles. The highest BCUT2D eigenvalue weighted by Crippen LogP contribution is 2.44. The Morgan fingerprint density at radius 1 is 1.06 bits per heavy atom. The molecule has 2 aliphatic heterocycles. The van der Waals surface area contributed by atoms with Gasteiger partial charge in [-0.15, -0.1) is 4.99 Å². The van der Waals surface area contributed by atoms with E-state index in [0.717, 1.165) is 48.2 Å². The van der Waals surface area contributed by atoms with E-state index in [1.165, 1.54) is 5.69 Å². The van der Waals surface area contributed by atoms with Gasteiger partial charge in [0, 0.05) is 47.9 Å². The van der Waals surface area contributed by atoms with E-state index in [0.29, 0.717) is 11.8 Å². The summed E-state index contributed by atoms with van der Waals surface area (Å²) in [6, 6.07) is 22.2. The van der Waals surface area contributed by atoms with Crippen LogP contribution in [0, 0.1) is 11.5 Å². The van der Waals surface area contributed by atoms with Gasteiger partial charge in [0.15, 0.2) is 0 Å². The number of benzene rings is 2. The predicted octanol–water partition coefficient (Wildman–Crippen LogP) is 3.97.